The predicted molar refractivity (Wildman–Crippen MR) is 87.9 cm³/mol. The van der Waals surface area contributed by atoms with E-state index in [4.69, 9.17) is 14.6 Å². The Morgan fingerprint density at radius 1 is 0.913 bits per heavy atom. The molecule has 0 radical (unpaired) electrons. The Hall–Kier alpha value is -2.53. The van der Waals surface area contributed by atoms with E-state index in [0.717, 1.165) is 12.2 Å². The number of aliphatic hydroxyl groups is 1. The molecule has 23 heavy (non-hydrogen) atoms. The van der Waals surface area contributed by atoms with Crippen molar-refractivity contribution < 1.29 is 19.4 Å². The molecule has 2 rings (SSSR count). The minimum Gasteiger partial charge on any atom is -0.493 e. The maximum absolute atomic E-state index is 11.7. The lowest BCUT2D eigenvalue weighted by molar-refractivity contribution is 0.0944. The molecule has 2 N–H and O–H groups in total. The zero-order valence-corrected chi connectivity index (χ0v) is 12.9. The normalized spacial score (nSPS) is 10.1. The summed E-state index contributed by atoms with van der Waals surface area (Å²) in [6, 6.07) is 16.6. The number of ether oxygens (including phenoxy) is 2. The predicted octanol–water partition coefficient (Wildman–Crippen LogP) is 2.26. The summed E-state index contributed by atoms with van der Waals surface area (Å²) in [4.78, 5) is 11.7. The Labute approximate surface area is 135 Å². The Balaban J connectivity index is 1.67. The average molecular weight is 315 g/mol. The van der Waals surface area contributed by atoms with Gasteiger partial charge in [-0.05, 0) is 36.4 Å². The fraction of sp³-hybridized carbons (Fsp3) is 0.278. The first kappa shape index (κ1) is 16.8. The van der Waals surface area contributed by atoms with Gasteiger partial charge in [0.05, 0.1) is 19.8 Å². The van der Waals surface area contributed by atoms with E-state index < -0.39 is 0 Å². The molecule has 2 aromatic rings. The van der Waals surface area contributed by atoms with Crippen LogP contribution in [0.2, 0.25) is 0 Å². The highest BCUT2D eigenvalue weighted by atomic mass is 16.5. The number of benzene rings is 2. The number of amides is 1. The van der Waals surface area contributed by atoms with Gasteiger partial charge >= 0.3 is 0 Å². The summed E-state index contributed by atoms with van der Waals surface area (Å²) in [5, 5.41) is 11.3. The number of nitrogens with one attached hydrogen (secondary N) is 1. The molecular weight excluding hydrogens is 294 g/mol. The van der Waals surface area contributed by atoms with E-state index in [1.807, 2.05) is 30.3 Å². The number of aliphatic hydroxyl groups excluding tert-OH is 1. The van der Waals surface area contributed by atoms with Crippen molar-refractivity contribution in [3.63, 3.8) is 0 Å². The number of carbonyl (C=O) groups excluding carboxylic acids is 1. The lowest BCUT2D eigenvalue weighted by Crippen LogP contribution is -2.26. The fourth-order valence-corrected chi connectivity index (χ4v) is 1.93. The second-order valence-corrected chi connectivity index (χ2v) is 4.87. The van der Waals surface area contributed by atoms with Gasteiger partial charge in [0.15, 0.2) is 0 Å². The second-order valence-electron chi connectivity index (χ2n) is 4.87. The van der Waals surface area contributed by atoms with Crippen LogP contribution in [0.1, 0.15) is 16.8 Å². The smallest absolute Gasteiger partial charge is 0.251 e. The molecule has 0 aliphatic rings. The molecule has 0 heterocycles. The number of hydrogen-bond donors (Lipinski definition) is 2. The van der Waals surface area contributed by atoms with E-state index in [1.165, 1.54) is 0 Å². The van der Waals surface area contributed by atoms with Crippen molar-refractivity contribution in [2.24, 2.45) is 0 Å². The van der Waals surface area contributed by atoms with Gasteiger partial charge in [0.25, 0.3) is 5.91 Å². The third kappa shape index (κ3) is 6.00. The van der Waals surface area contributed by atoms with Crippen LogP contribution in [0.5, 0.6) is 11.5 Å². The molecule has 0 unspecified atom stereocenters. The van der Waals surface area contributed by atoms with Gasteiger partial charge in [-0.3, -0.25) is 4.79 Å². The van der Waals surface area contributed by atoms with E-state index in [2.05, 4.69) is 5.32 Å². The molecule has 0 aromatic heterocycles. The lowest BCUT2D eigenvalue weighted by Gasteiger charge is -2.08. The molecule has 122 valence electrons. The molecule has 0 aliphatic carbocycles. The van der Waals surface area contributed by atoms with Crippen molar-refractivity contribution >= 4 is 5.91 Å². The highest BCUT2D eigenvalue weighted by molar-refractivity contribution is 5.94. The minimum absolute atomic E-state index is 0.0714. The number of para-hydroxylation sites is 1. The number of hydrogen-bond acceptors (Lipinski definition) is 4. The standard InChI is InChI=1S/C18H21NO4/c20-12-11-19-18(21)15-7-9-17(10-8-15)23-14-4-13-22-16-5-2-1-3-6-16/h1-3,5-10,20H,4,11-14H2,(H,19,21). The highest BCUT2D eigenvalue weighted by Crippen LogP contribution is 2.13. The molecule has 0 saturated heterocycles. The quantitative estimate of drug-likeness (QED) is 0.697. The minimum atomic E-state index is -0.207. The molecule has 0 bridgehead atoms. The summed E-state index contributed by atoms with van der Waals surface area (Å²) in [7, 11) is 0. The van der Waals surface area contributed by atoms with E-state index in [1.54, 1.807) is 24.3 Å². The fourth-order valence-electron chi connectivity index (χ4n) is 1.93. The van der Waals surface area contributed by atoms with Crippen LogP contribution >= 0.6 is 0 Å². The third-order valence-corrected chi connectivity index (χ3v) is 3.08. The second kappa shape index (κ2) is 9.48. The molecule has 0 aliphatic heterocycles. The van der Waals surface area contributed by atoms with E-state index in [9.17, 15) is 4.79 Å². The molecule has 0 saturated carbocycles. The molecular formula is C18H21NO4. The van der Waals surface area contributed by atoms with Crippen LogP contribution in [0.3, 0.4) is 0 Å². The summed E-state index contributed by atoms with van der Waals surface area (Å²) >= 11 is 0. The van der Waals surface area contributed by atoms with Crippen molar-refractivity contribution in [2.45, 2.75) is 6.42 Å². The molecule has 5 heteroatoms. The van der Waals surface area contributed by atoms with Crippen LogP contribution in [0.25, 0.3) is 0 Å². The van der Waals surface area contributed by atoms with Gasteiger partial charge in [0.1, 0.15) is 11.5 Å². The maximum atomic E-state index is 11.7. The van der Waals surface area contributed by atoms with Crippen molar-refractivity contribution in [3.8, 4) is 11.5 Å². The van der Waals surface area contributed by atoms with Gasteiger partial charge in [-0.1, -0.05) is 18.2 Å². The molecule has 1 amide bonds. The van der Waals surface area contributed by atoms with Crippen LogP contribution in [-0.2, 0) is 0 Å². The third-order valence-electron chi connectivity index (χ3n) is 3.08. The van der Waals surface area contributed by atoms with Crippen molar-refractivity contribution in [2.75, 3.05) is 26.4 Å². The van der Waals surface area contributed by atoms with Gasteiger partial charge in [0, 0.05) is 18.5 Å². The first-order chi connectivity index (χ1) is 11.3. The zero-order valence-electron chi connectivity index (χ0n) is 12.9. The van der Waals surface area contributed by atoms with Crippen molar-refractivity contribution in [1.82, 2.24) is 5.32 Å². The highest BCUT2D eigenvalue weighted by Gasteiger charge is 2.04. The number of rotatable bonds is 9. The Bertz CT molecular complexity index is 584. The molecule has 0 atom stereocenters. The number of carbonyl (C=O) groups is 1. The summed E-state index contributed by atoms with van der Waals surface area (Å²) in [5.41, 5.74) is 0.540. The molecule has 5 nitrogen and oxygen atoms in total. The van der Waals surface area contributed by atoms with Crippen LogP contribution in [0.4, 0.5) is 0 Å². The SMILES string of the molecule is O=C(NCCO)c1ccc(OCCCOc2ccccc2)cc1. The summed E-state index contributed by atoms with van der Waals surface area (Å²) < 4.78 is 11.2. The average Bonchev–Trinajstić information content (AvgIpc) is 2.61. The lowest BCUT2D eigenvalue weighted by atomic mass is 10.2. The van der Waals surface area contributed by atoms with Gasteiger partial charge < -0.3 is 19.9 Å². The van der Waals surface area contributed by atoms with Gasteiger partial charge in [-0.15, -0.1) is 0 Å². The van der Waals surface area contributed by atoms with Gasteiger partial charge in [-0.25, -0.2) is 0 Å². The van der Waals surface area contributed by atoms with Gasteiger partial charge in [0.2, 0.25) is 0 Å². The summed E-state index contributed by atoms with van der Waals surface area (Å²) in [5.74, 6) is 1.36. The molecule has 2 aromatic carbocycles. The zero-order chi connectivity index (χ0) is 16.3. The van der Waals surface area contributed by atoms with Crippen molar-refractivity contribution in [3.05, 3.63) is 60.2 Å². The van der Waals surface area contributed by atoms with Crippen LogP contribution in [0, 0.1) is 0 Å². The largest absolute Gasteiger partial charge is 0.493 e. The van der Waals surface area contributed by atoms with E-state index >= 15 is 0 Å². The summed E-state index contributed by atoms with van der Waals surface area (Å²) in [6.45, 7) is 1.31. The van der Waals surface area contributed by atoms with E-state index in [0.29, 0.717) is 24.5 Å². The van der Waals surface area contributed by atoms with Crippen LogP contribution < -0.4 is 14.8 Å². The Morgan fingerprint density at radius 3 is 2.13 bits per heavy atom. The summed E-state index contributed by atoms with van der Waals surface area (Å²) in [6.07, 6.45) is 0.771. The first-order valence-corrected chi connectivity index (χ1v) is 7.59. The molecule has 0 spiro atoms. The van der Waals surface area contributed by atoms with Crippen LogP contribution in [-0.4, -0.2) is 37.4 Å². The van der Waals surface area contributed by atoms with E-state index in [-0.39, 0.29) is 19.1 Å². The topological polar surface area (TPSA) is 67.8 Å². The molecule has 0 fully saturated rings. The maximum Gasteiger partial charge on any atom is 0.251 e. The van der Waals surface area contributed by atoms with Crippen molar-refractivity contribution in [1.29, 1.82) is 0 Å². The Kier molecular flexibility index (Phi) is 6.94. The van der Waals surface area contributed by atoms with Gasteiger partial charge in [-0.2, -0.15) is 0 Å². The van der Waals surface area contributed by atoms with Crippen LogP contribution in [0.15, 0.2) is 54.6 Å². The monoisotopic (exact) mass is 315 g/mol. The first-order valence-electron chi connectivity index (χ1n) is 7.59. The Morgan fingerprint density at radius 2 is 1.52 bits per heavy atom.